The van der Waals surface area contributed by atoms with Crippen molar-refractivity contribution >= 4 is 11.8 Å². The maximum absolute atomic E-state index is 13.0. The van der Waals surface area contributed by atoms with E-state index in [0.29, 0.717) is 17.9 Å². The molecule has 4 heteroatoms. The fourth-order valence-electron chi connectivity index (χ4n) is 0.985. The maximum atomic E-state index is 13.0. The van der Waals surface area contributed by atoms with E-state index >= 15 is 0 Å². The van der Waals surface area contributed by atoms with Crippen LogP contribution in [0.3, 0.4) is 0 Å². The van der Waals surface area contributed by atoms with Crippen LogP contribution < -0.4 is 0 Å². The number of unbranched alkanes of at least 4 members (excludes halogenated alkanes) is 1. The molecular formula is C10H11F3S. The molecule has 0 N–H and O–H groups in total. The molecule has 0 saturated carbocycles. The van der Waals surface area contributed by atoms with E-state index in [1.165, 1.54) is 0 Å². The van der Waals surface area contributed by atoms with Crippen LogP contribution in [0.5, 0.6) is 0 Å². The van der Waals surface area contributed by atoms with Gasteiger partial charge in [-0.05, 0) is 12.2 Å². The minimum Gasteiger partial charge on any atom is -0.207 e. The van der Waals surface area contributed by atoms with Crippen LogP contribution in [0.1, 0.15) is 19.8 Å². The lowest BCUT2D eigenvalue weighted by Crippen LogP contribution is -1.91. The number of thioether (sulfide) groups is 1. The van der Waals surface area contributed by atoms with Gasteiger partial charge in [0.05, 0.1) is 4.90 Å². The first kappa shape index (κ1) is 11.4. The molecule has 0 bridgehead atoms. The molecule has 0 aliphatic carbocycles. The van der Waals surface area contributed by atoms with Crippen molar-refractivity contribution in [2.24, 2.45) is 0 Å². The van der Waals surface area contributed by atoms with Crippen LogP contribution in [0.2, 0.25) is 0 Å². The molecule has 1 aromatic carbocycles. The molecule has 0 aromatic heterocycles. The number of halogens is 3. The summed E-state index contributed by atoms with van der Waals surface area (Å²) < 4.78 is 38.6. The molecule has 0 aliphatic rings. The smallest absolute Gasteiger partial charge is 0.142 e. The Balaban J connectivity index is 2.75. The van der Waals surface area contributed by atoms with Gasteiger partial charge in [0, 0.05) is 12.1 Å². The molecule has 0 heterocycles. The highest BCUT2D eigenvalue weighted by molar-refractivity contribution is 7.99. The summed E-state index contributed by atoms with van der Waals surface area (Å²) in [7, 11) is 0. The maximum Gasteiger partial charge on any atom is 0.142 e. The summed E-state index contributed by atoms with van der Waals surface area (Å²) in [6, 6.07) is 1.41. The van der Waals surface area contributed by atoms with E-state index in [1.54, 1.807) is 0 Å². The van der Waals surface area contributed by atoms with E-state index in [2.05, 4.69) is 0 Å². The third kappa shape index (κ3) is 2.94. The zero-order valence-corrected chi connectivity index (χ0v) is 8.63. The summed E-state index contributed by atoms with van der Waals surface area (Å²) in [6.07, 6.45) is 1.86. The Morgan fingerprint density at radius 3 is 2.21 bits per heavy atom. The van der Waals surface area contributed by atoms with Crippen LogP contribution >= 0.6 is 11.8 Å². The predicted octanol–water partition coefficient (Wildman–Crippen LogP) is 4.00. The molecule has 0 saturated heterocycles. The topological polar surface area (TPSA) is 0 Å². The first-order chi connectivity index (χ1) is 6.65. The van der Waals surface area contributed by atoms with E-state index in [9.17, 15) is 13.2 Å². The van der Waals surface area contributed by atoms with Crippen LogP contribution in [-0.2, 0) is 0 Å². The largest absolute Gasteiger partial charge is 0.207 e. The lowest BCUT2D eigenvalue weighted by molar-refractivity contribution is 0.510. The highest BCUT2D eigenvalue weighted by Gasteiger charge is 2.11. The molecule has 1 rings (SSSR count). The molecular weight excluding hydrogens is 209 g/mol. The van der Waals surface area contributed by atoms with Gasteiger partial charge >= 0.3 is 0 Å². The van der Waals surface area contributed by atoms with E-state index in [1.807, 2.05) is 6.92 Å². The number of hydrogen-bond acceptors (Lipinski definition) is 1. The summed E-state index contributed by atoms with van der Waals surface area (Å²) in [4.78, 5) is -0.0835. The summed E-state index contributed by atoms with van der Waals surface area (Å²) in [5, 5.41) is 0. The zero-order chi connectivity index (χ0) is 10.6. The van der Waals surface area contributed by atoms with Gasteiger partial charge in [0.2, 0.25) is 0 Å². The molecule has 0 unspecified atom stereocenters. The van der Waals surface area contributed by atoms with Crippen LogP contribution in [0, 0.1) is 17.5 Å². The van der Waals surface area contributed by atoms with Crippen molar-refractivity contribution in [2.75, 3.05) is 5.75 Å². The van der Waals surface area contributed by atoms with Gasteiger partial charge in [-0.2, -0.15) is 0 Å². The van der Waals surface area contributed by atoms with Gasteiger partial charge in [-0.15, -0.1) is 11.8 Å². The molecule has 14 heavy (non-hydrogen) atoms. The summed E-state index contributed by atoms with van der Waals surface area (Å²) in [5.41, 5.74) is 0. The lowest BCUT2D eigenvalue weighted by Gasteiger charge is -2.03. The van der Waals surface area contributed by atoms with Crippen molar-refractivity contribution in [3.05, 3.63) is 29.6 Å². The molecule has 0 atom stereocenters. The van der Waals surface area contributed by atoms with E-state index in [-0.39, 0.29) is 4.90 Å². The Bertz CT molecular complexity index is 289. The van der Waals surface area contributed by atoms with Gasteiger partial charge in [0.25, 0.3) is 0 Å². The average Bonchev–Trinajstić information content (AvgIpc) is 2.09. The van der Waals surface area contributed by atoms with Crippen molar-refractivity contribution < 1.29 is 13.2 Å². The Morgan fingerprint density at radius 2 is 1.71 bits per heavy atom. The molecule has 0 spiro atoms. The van der Waals surface area contributed by atoms with Crippen molar-refractivity contribution in [1.29, 1.82) is 0 Å². The summed E-state index contributed by atoms with van der Waals surface area (Å²) in [6.45, 7) is 2.00. The van der Waals surface area contributed by atoms with Gasteiger partial charge in [0.15, 0.2) is 0 Å². The SMILES string of the molecule is CCCCSc1c(F)cc(F)cc1F. The van der Waals surface area contributed by atoms with Gasteiger partial charge < -0.3 is 0 Å². The first-order valence-corrected chi connectivity index (χ1v) is 5.41. The van der Waals surface area contributed by atoms with Gasteiger partial charge in [-0.25, -0.2) is 13.2 Å². The number of hydrogen-bond donors (Lipinski definition) is 0. The van der Waals surface area contributed by atoms with Crippen molar-refractivity contribution in [3.8, 4) is 0 Å². The van der Waals surface area contributed by atoms with Gasteiger partial charge in [-0.1, -0.05) is 13.3 Å². The second kappa shape index (κ2) is 5.29. The minimum absolute atomic E-state index is 0.0835. The molecule has 0 nitrogen and oxygen atoms in total. The first-order valence-electron chi connectivity index (χ1n) is 4.42. The molecule has 0 fully saturated rings. The van der Waals surface area contributed by atoms with Crippen LogP contribution in [0.15, 0.2) is 17.0 Å². The third-order valence-corrected chi connectivity index (χ3v) is 2.88. The van der Waals surface area contributed by atoms with E-state index < -0.39 is 17.5 Å². The van der Waals surface area contributed by atoms with Gasteiger partial charge in [-0.3, -0.25) is 0 Å². The molecule has 78 valence electrons. The third-order valence-electron chi connectivity index (χ3n) is 1.71. The van der Waals surface area contributed by atoms with Crippen LogP contribution in [0.25, 0.3) is 0 Å². The molecule has 1 aromatic rings. The summed E-state index contributed by atoms with van der Waals surface area (Å²) in [5.74, 6) is -1.86. The normalized spacial score (nSPS) is 10.6. The molecule has 0 aliphatic heterocycles. The highest BCUT2D eigenvalue weighted by Crippen LogP contribution is 2.26. The van der Waals surface area contributed by atoms with E-state index in [4.69, 9.17) is 0 Å². The summed E-state index contributed by atoms with van der Waals surface area (Å²) >= 11 is 1.09. The standard InChI is InChI=1S/C10H11F3S/c1-2-3-4-14-10-8(12)5-7(11)6-9(10)13/h5-6H,2-4H2,1H3. The second-order valence-electron chi connectivity index (χ2n) is 2.90. The number of benzene rings is 1. The number of rotatable bonds is 4. The molecule has 0 radical (unpaired) electrons. The highest BCUT2D eigenvalue weighted by atomic mass is 32.2. The zero-order valence-electron chi connectivity index (χ0n) is 7.82. The van der Waals surface area contributed by atoms with Crippen molar-refractivity contribution in [2.45, 2.75) is 24.7 Å². The van der Waals surface area contributed by atoms with Crippen LogP contribution in [-0.4, -0.2) is 5.75 Å². The predicted molar refractivity (Wildman–Crippen MR) is 51.9 cm³/mol. The lowest BCUT2D eigenvalue weighted by atomic mass is 10.3. The Labute approximate surface area is 85.5 Å². The fraction of sp³-hybridized carbons (Fsp3) is 0.400. The Hall–Kier alpha value is -0.640. The second-order valence-corrected chi connectivity index (χ2v) is 4.01. The van der Waals surface area contributed by atoms with E-state index in [0.717, 1.165) is 24.6 Å². The Morgan fingerprint density at radius 1 is 1.14 bits per heavy atom. The average molecular weight is 220 g/mol. The molecule has 0 amide bonds. The van der Waals surface area contributed by atoms with Gasteiger partial charge in [0.1, 0.15) is 17.5 Å². The Kier molecular flexibility index (Phi) is 4.32. The van der Waals surface area contributed by atoms with Crippen molar-refractivity contribution in [1.82, 2.24) is 0 Å². The fourth-order valence-corrected chi connectivity index (χ4v) is 2.02. The quantitative estimate of drug-likeness (QED) is 0.546. The monoisotopic (exact) mass is 220 g/mol. The van der Waals surface area contributed by atoms with Crippen LogP contribution in [0.4, 0.5) is 13.2 Å². The van der Waals surface area contributed by atoms with Crippen molar-refractivity contribution in [3.63, 3.8) is 0 Å². The minimum atomic E-state index is -0.875.